The zero-order valence-electron chi connectivity index (χ0n) is 14.5. The summed E-state index contributed by atoms with van der Waals surface area (Å²) >= 11 is 0. The van der Waals surface area contributed by atoms with Crippen molar-refractivity contribution in [1.82, 2.24) is 0 Å². The predicted octanol–water partition coefficient (Wildman–Crippen LogP) is 6.30. The molecule has 127 valence electrons. The van der Waals surface area contributed by atoms with E-state index in [2.05, 4.69) is 6.92 Å². The van der Waals surface area contributed by atoms with Crippen molar-refractivity contribution < 1.29 is 9.84 Å². The van der Waals surface area contributed by atoms with Crippen molar-refractivity contribution in [2.75, 3.05) is 19.8 Å². The van der Waals surface area contributed by atoms with Gasteiger partial charge in [-0.3, -0.25) is 0 Å². The predicted molar refractivity (Wildman–Crippen MR) is 91.3 cm³/mol. The molecule has 0 aliphatic heterocycles. The van der Waals surface area contributed by atoms with Crippen LogP contribution in [0.1, 0.15) is 103 Å². The lowest BCUT2D eigenvalue weighted by Crippen LogP contribution is -1.92. The summed E-state index contributed by atoms with van der Waals surface area (Å²) in [6.07, 6.45) is 19.9. The fourth-order valence-electron chi connectivity index (χ4n) is 2.75. The third-order valence-electron chi connectivity index (χ3n) is 4.14. The summed E-state index contributed by atoms with van der Waals surface area (Å²) in [4.78, 5) is 0. The summed E-state index contributed by atoms with van der Waals surface area (Å²) < 4.78 is 5.34. The maximum absolute atomic E-state index is 10.3. The lowest BCUT2D eigenvalue weighted by Gasteiger charge is -2.03. The fraction of sp³-hybridized carbons (Fsp3) is 1.00. The highest BCUT2D eigenvalue weighted by atomic mass is 16.5. The minimum absolute atomic E-state index is 0.118. The third-order valence-corrected chi connectivity index (χ3v) is 4.14. The maximum atomic E-state index is 10.3. The van der Waals surface area contributed by atoms with Gasteiger partial charge in [-0.2, -0.15) is 0 Å². The molecule has 0 amide bonds. The Labute approximate surface area is 133 Å². The van der Waals surface area contributed by atoms with Gasteiger partial charge in [0.05, 0.1) is 6.61 Å². The smallest absolute Gasteiger partial charge is 0.0822 e. The van der Waals surface area contributed by atoms with E-state index in [1.165, 1.54) is 83.5 Å². The van der Waals surface area contributed by atoms with Gasteiger partial charge in [-0.1, -0.05) is 83.5 Å². The van der Waals surface area contributed by atoms with Gasteiger partial charge in [0, 0.05) is 13.2 Å². The van der Waals surface area contributed by atoms with Gasteiger partial charge < -0.3 is 4.74 Å². The molecule has 0 unspecified atom stereocenters. The van der Waals surface area contributed by atoms with E-state index in [1.54, 1.807) is 0 Å². The molecule has 0 rings (SSSR count). The second-order valence-corrected chi connectivity index (χ2v) is 6.20. The van der Waals surface area contributed by atoms with Gasteiger partial charge in [-0.25, -0.2) is 5.11 Å². The van der Waals surface area contributed by atoms with Crippen molar-refractivity contribution in [2.24, 2.45) is 0 Å². The Hall–Kier alpha value is -0.0800. The summed E-state index contributed by atoms with van der Waals surface area (Å²) in [7, 11) is 0. The average Bonchev–Trinajstić information content (AvgIpc) is 2.50. The number of unbranched alkanes of at least 4 members (excludes halogenated alkanes) is 14. The first-order valence-corrected chi connectivity index (χ1v) is 9.57. The normalized spacial score (nSPS) is 11.1. The molecule has 0 heterocycles. The van der Waals surface area contributed by atoms with Crippen molar-refractivity contribution >= 4 is 0 Å². The van der Waals surface area contributed by atoms with Crippen molar-refractivity contribution in [3.8, 4) is 0 Å². The molecule has 0 aromatic heterocycles. The van der Waals surface area contributed by atoms with Crippen LogP contribution in [0.25, 0.3) is 0 Å². The van der Waals surface area contributed by atoms with Crippen LogP contribution in [0.3, 0.4) is 0 Å². The van der Waals surface area contributed by atoms with E-state index in [4.69, 9.17) is 4.74 Å². The van der Waals surface area contributed by atoms with Crippen LogP contribution in [-0.4, -0.2) is 19.8 Å². The Bertz CT molecular complexity index is 153. The van der Waals surface area contributed by atoms with E-state index < -0.39 is 0 Å². The van der Waals surface area contributed by atoms with Gasteiger partial charge >= 0.3 is 0 Å². The van der Waals surface area contributed by atoms with Gasteiger partial charge in [0.1, 0.15) is 0 Å². The van der Waals surface area contributed by atoms with Crippen molar-refractivity contribution in [3.05, 3.63) is 0 Å². The molecule has 0 aromatic carbocycles. The van der Waals surface area contributed by atoms with Gasteiger partial charge in [-0.05, 0) is 19.8 Å². The Morgan fingerprint density at radius 3 is 1.19 bits per heavy atom. The topological polar surface area (TPSA) is 29.1 Å². The second-order valence-electron chi connectivity index (χ2n) is 6.20. The van der Waals surface area contributed by atoms with Crippen LogP contribution in [0.2, 0.25) is 0 Å². The molecule has 0 atom stereocenters. The van der Waals surface area contributed by atoms with Crippen molar-refractivity contribution in [3.63, 3.8) is 0 Å². The first kappa shape index (κ1) is 20.9. The second kappa shape index (κ2) is 19.9. The first-order valence-electron chi connectivity index (χ1n) is 9.57. The van der Waals surface area contributed by atoms with Crippen LogP contribution in [-0.2, 0) is 9.84 Å². The molecule has 0 fully saturated rings. The summed E-state index contributed by atoms with van der Waals surface area (Å²) in [5.41, 5.74) is 0. The highest BCUT2D eigenvalue weighted by molar-refractivity contribution is 4.49. The molecule has 0 bridgehead atoms. The standard InChI is InChI=1S/C19H39O2/c1-2-21-19-17-15-13-11-9-7-5-3-4-6-8-10-12-14-16-18-20/h2-19H2,1H3. The van der Waals surface area contributed by atoms with Gasteiger partial charge in [0.25, 0.3) is 0 Å². The van der Waals surface area contributed by atoms with Crippen LogP contribution in [0.4, 0.5) is 0 Å². The Morgan fingerprint density at radius 2 is 0.857 bits per heavy atom. The highest BCUT2D eigenvalue weighted by Crippen LogP contribution is 2.13. The minimum atomic E-state index is 0.118. The van der Waals surface area contributed by atoms with Crippen LogP contribution >= 0.6 is 0 Å². The molecular formula is C19H39O2. The average molecular weight is 300 g/mol. The molecule has 0 aliphatic carbocycles. The Morgan fingerprint density at radius 1 is 0.524 bits per heavy atom. The molecule has 1 radical (unpaired) electrons. The van der Waals surface area contributed by atoms with Crippen LogP contribution in [0, 0.1) is 0 Å². The summed E-state index contributed by atoms with van der Waals surface area (Å²) in [6.45, 7) is 4.00. The van der Waals surface area contributed by atoms with Crippen LogP contribution in [0.5, 0.6) is 0 Å². The van der Waals surface area contributed by atoms with Gasteiger partial charge in [0.2, 0.25) is 0 Å². The molecule has 0 aliphatic rings. The zero-order valence-corrected chi connectivity index (χ0v) is 14.5. The summed E-state index contributed by atoms with van der Waals surface area (Å²) in [5, 5.41) is 10.3. The van der Waals surface area contributed by atoms with Crippen molar-refractivity contribution in [1.29, 1.82) is 0 Å². The number of rotatable bonds is 18. The largest absolute Gasteiger partial charge is 0.382 e. The zero-order chi connectivity index (χ0) is 15.4. The molecule has 2 heteroatoms. The summed E-state index contributed by atoms with van der Waals surface area (Å²) in [6, 6.07) is 0. The van der Waals surface area contributed by atoms with E-state index in [-0.39, 0.29) is 6.61 Å². The number of ether oxygens (including phenoxy) is 1. The quantitative estimate of drug-likeness (QED) is 0.273. The number of hydrogen-bond acceptors (Lipinski definition) is 1. The molecule has 21 heavy (non-hydrogen) atoms. The van der Waals surface area contributed by atoms with Crippen LogP contribution in [0.15, 0.2) is 0 Å². The van der Waals surface area contributed by atoms with Gasteiger partial charge in [0.15, 0.2) is 0 Å². The van der Waals surface area contributed by atoms with E-state index >= 15 is 0 Å². The molecule has 0 saturated heterocycles. The summed E-state index contributed by atoms with van der Waals surface area (Å²) in [5.74, 6) is 0. The van der Waals surface area contributed by atoms with Crippen LogP contribution < -0.4 is 0 Å². The number of hydrogen-bond donors (Lipinski definition) is 0. The molecule has 2 nitrogen and oxygen atoms in total. The van der Waals surface area contributed by atoms with E-state index in [0.29, 0.717) is 0 Å². The van der Waals surface area contributed by atoms with E-state index in [0.717, 1.165) is 26.1 Å². The van der Waals surface area contributed by atoms with E-state index in [9.17, 15) is 5.11 Å². The van der Waals surface area contributed by atoms with Crippen molar-refractivity contribution in [2.45, 2.75) is 103 Å². The highest BCUT2D eigenvalue weighted by Gasteiger charge is 1.94. The Kier molecular flexibility index (Phi) is 19.8. The minimum Gasteiger partial charge on any atom is -0.382 e. The SMILES string of the molecule is CCOCCCCCCCCCCCCCCCCC[O]. The lowest BCUT2D eigenvalue weighted by molar-refractivity contribution is 0.143. The van der Waals surface area contributed by atoms with Gasteiger partial charge in [-0.15, -0.1) is 0 Å². The Balaban J connectivity index is 2.90. The molecule has 0 N–H and O–H groups in total. The molecule has 0 spiro atoms. The van der Waals surface area contributed by atoms with E-state index in [1.807, 2.05) is 0 Å². The molecular weight excluding hydrogens is 260 g/mol. The monoisotopic (exact) mass is 299 g/mol. The fourth-order valence-corrected chi connectivity index (χ4v) is 2.75. The molecule has 0 saturated carbocycles. The molecule has 0 aromatic rings. The maximum Gasteiger partial charge on any atom is 0.0822 e. The lowest BCUT2D eigenvalue weighted by atomic mass is 10.0. The first-order chi connectivity index (χ1) is 10.4. The third kappa shape index (κ3) is 19.9.